The predicted octanol–water partition coefficient (Wildman–Crippen LogP) is 2.11. The van der Waals surface area contributed by atoms with Gasteiger partial charge in [-0.25, -0.2) is 15.0 Å². The molecule has 0 aliphatic heterocycles. The third-order valence-corrected chi connectivity index (χ3v) is 2.94. The first-order valence-electron chi connectivity index (χ1n) is 6.00. The van der Waals surface area contributed by atoms with Crippen LogP contribution in [0.5, 0.6) is 0 Å². The van der Waals surface area contributed by atoms with Crippen molar-refractivity contribution in [3.8, 4) is 0 Å². The fourth-order valence-electron chi connectivity index (χ4n) is 1.98. The molecule has 0 spiro atoms. The Hall–Kier alpha value is -2.63. The average Bonchev–Trinajstić information content (AvgIpc) is 2.93. The fraction of sp³-hybridized carbons (Fsp3) is 0.154. The zero-order valence-corrected chi connectivity index (χ0v) is 10.5. The molecule has 0 aliphatic carbocycles. The minimum atomic E-state index is 0.0227. The number of nitrogen functional groups attached to an aromatic ring is 1. The van der Waals surface area contributed by atoms with E-state index in [1.807, 2.05) is 25.1 Å². The van der Waals surface area contributed by atoms with Gasteiger partial charge in [0, 0.05) is 23.5 Å². The van der Waals surface area contributed by atoms with Gasteiger partial charge in [0.05, 0.1) is 11.6 Å². The van der Waals surface area contributed by atoms with Gasteiger partial charge in [0.25, 0.3) is 0 Å². The minimum absolute atomic E-state index is 0.0227. The monoisotopic (exact) mass is 254 g/mol. The Labute approximate surface area is 110 Å². The second-order valence-corrected chi connectivity index (χ2v) is 4.34. The Morgan fingerprint density at radius 1 is 1.26 bits per heavy atom. The van der Waals surface area contributed by atoms with Crippen LogP contribution in [0.4, 0.5) is 11.5 Å². The maximum atomic E-state index is 5.82. The number of anilines is 2. The van der Waals surface area contributed by atoms with Crippen molar-refractivity contribution in [3.05, 3.63) is 42.7 Å². The zero-order valence-electron chi connectivity index (χ0n) is 10.5. The number of H-pyrrole nitrogens is 1. The van der Waals surface area contributed by atoms with Crippen LogP contribution >= 0.6 is 0 Å². The van der Waals surface area contributed by atoms with Crippen LogP contribution in [0, 0.1) is 0 Å². The van der Waals surface area contributed by atoms with Gasteiger partial charge in [0.2, 0.25) is 0 Å². The van der Waals surface area contributed by atoms with Crippen LogP contribution in [-0.4, -0.2) is 19.9 Å². The average molecular weight is 254 g/mol. The van der Waals surface area contributed by atoms with E-state index in [0.29, 0.717) is 5.69 Å². The number of nitrogens with one attached hydrogen (secondary N) is 2. The summed E-state index contributed by atoms with van der Waals surface area (Å²) in [5, 5.41) is 4.22. The molecule has 3 rings (SSSR count). The van der Waals surface area contributed by atoms with Crippen LogP contribution in [0.25, 0.3) is 10.9 Å². The molecule has 4 N–H and O–H groups in total. The van der Waals surface area contributed by atoms with Crippen molar-refractivity contribution in [2.45, 2.75) is 13.0 Å². The lowest BCUT2D eigenvalue weighted by Gasteiger charge is -2.13. The first-order chi connectivity index (χ1) is 9.24. The van der Waals surface area contributed by atoms with Crippen molar-refractivity contribution in [1.82, 2.24) is 19.9 Å². The van der Waals surface area contributed by atoms with Crippen LogP contribution in [-0.2, 0) is 0 Å². The Morgan fingerprint density at radius 2 is 2.16 bits per heavy atom. The molecule has 1 unspecified atom stereocenters. The van der Waals surface area contributed by atoms with Gasteiger partial charge in [-0.05, 0) is 25.1 Å². The van der Waals surface area contributed by atoms with Gasteiger partial charge in [-0.1, -0.05) is 0 Å². The van der Waals surface area contributed by atoms with Gasteiger partial charge in [0.15, 0.2) is 0 Å². The highest BCUT2D eigenvalue weighted by atomic mass is 15.1. The second-order valence-electron chi connectivity index (χ2n) is 4.34. The van der Waals surface area contributed by atoms with E-state index in [9.17, 15) is 0 Å². The number of aromatic nitrogens is 4. The topological polar surface area (TPSA) is 92.5 Å². The molecule has 0 fully saturated rings. The number of benzene rings is 1. The summed E-state index contributed by atoms with van der Waals surface area (Å²) in [6.07, 6.45) is 5.06. The number of hydrogen-bond donors (Lipinski definition) is 3. The second kappa shape index (κ2) is 4.56. The Balaban J connectivity index is 1.98. The first kappa shape index (κ1) is 11.5. The molecule has 0 saturated heterocycles. The molecule has 2 heterocycles. The van der Waals surface area contributed by atoms with Gasteiger partial charge in [-0.3, -0.25) is 0 Å². The van der Waals surface area contributed by atoms with E-state index in [4.69, 9.17) is 5.73 Å². The molecular weight excluding hydrogens is 240 g/mol. The maximum Gasteiger partial charge on any atom is 0.137 e. The van der Waals surface area contributed by atoms with Crippen LogP contribution in [0.3, 0.4) is 0 Å². The van der Waals surface area contributed by atoms with Gasteiger partial charge >= 0.3 is 0 Å². The van der Waals surface area contributed by atoms with Gasteiger partial charge in [-0.2, -0.15) is 0 Å². The summed E-state index contributed by atoms with van der Waals surface area (Å²) < 4.78 is 0. The minimum Gasteiger partial charge on any atom is -0.399 e. The quantitative estimate of drug-likeness (QED) is 0.622. The number of nitrogens with two attached hydrogens (primary N) is 1. The van der Waals surface area contributed by atoms with Crippen LogP contribution in [0.1, 0.15) is 18.8 Å². The molecule has 0 saturated carbocycles. The molecule has 6 nitrogen and oxygen atoms in total. The molecule has 2 aromatic heterocycles. The molecule has 1 atom stereocenters. The van der Waals surface area contributed by atoms with Crippen molar-refractivity contribution in [1.29, 1.82) is 0 Å². The Morgan fingerprint density at radius 3 is 2.95 bits per heavy atom. The predicted molar refractivity (Wildman–Crippen MR) is 74.6 cm³/mol. The van der Waals surface area contributed by atoms with E-state index < -0.39 is 0 Å². The summed E-state index contributed by atoms with van der Waals surface area (Å²) in [6.45, 7) is 2.01. The van der Waals surface area contributed by atoms with Crippen molar-refractivity contribution >= 4 is 22.4 Å². The highest BCUT2D eigenvalue weighted by Gasteiger charge is 2.10. The van der Waals surface area contributed by atoms with Gasteiger partial charge in [0.1, 0.15) is 18.0 Å². The van der Waals surface area contributed by atoms with Crippen molar-refractivity contribution in [3.63, 3.8) is 0 Å². The van der Waals surface area contributed by atoms with Gasteiger partial charge < -0.3 is 16.0 Å². The Kier molecular flexibility index (Phi) is 2.75. The summed E-state index contributed by atoms with van der Waals surface area (Å²) in [4.78, 5) is 15.8. The van der Waals surface area contributed by atoms with Gasteiger partial charge in [-0.15, -0.1) is 0 Å². The van der Waals surface area contributed by atoms with E-state index in [2.05, 4.69) is 25.3 Å². The molecule has 96 valence electrons. The lowest BCUT2D eigenvalue weighted by atomic mass is 10.2. The SMILES string of the molecule is CC(Nc1ncnc2ccc(N)cc12)c1ncc[nH]1. The van der Waals surface area contributed by atoms with Crippen LogP contribution in [0.15, 0.2) is 36.9 Å². The molecule has 0 aliphatic rings. The normalized spacial score (nSPS) is 12.5. The van der Waals surface area contributed by atoms with Crippen molar-refractivity contribution < 1.29 is 0 Å². The summed E-state index contributed by atoms with van der Waals surface area (Å²) in [6, 6.07) is 5.60. The van der Waals surface area contributed by atoms with E-state index >= 15 is 0 Å². The lowest BCUT2D eigenvalue weighted by Crippen LogP contribution is -2.10. The standard InChI is InChI=1S/C13H14N6/c1-8(12-15-4-5-16-12)19-13-10-6-9(14)2-3-11(10)17-7-18-13/h2-8H,14H2,1H3,(H,15,16)(H,17,18,19). The van der Waals surface area contributed by atoms with Crippen LogP contribution in [0.2, 0.25) is 0 Å². The Bertz CT molecular complexity index is 691. The van der Waals surface area contributed by atoms with Crippen LogP contribution < -0.4 is 11.1 Å². The number of hydrogen-bond acceptors (Lipinski definition) is 5. The molecule has 6 heteroatoms. The maximum absolute atomic E-state index is 5.82. The number of rotatable bonds is 3. The van der Waals surface area contributed by atoms with E-state index in [1.165, 1.54) is 6.33 Å². The molecule has 1 aromatic carbocycles. The molecule has 0 radical (unpaired) electrons. The summed E-state index contributed by atoms with van der Waals surface area (Å²) >= 11 is 0. The highest BCUT2D eigenvalue weighted by molar-refractivity contribution is 5.91. The molecule has 19 heavy (non-hydrogen) atoms. The van der Waals surface area contributed by atoms with E-state index in [1.54, 1.807) is 12.4 Å². The smallest absolute Gasteiger partial charge is 0.137 e. The summed E-state index contributed by atoms with van der Waals surface area (Å²) in [5.74, 6) is 1.61. The largest absolute Gasteiger partial charge is 0.399 e. The highest BCUT2D eigenvalue weighted by Crippen LogP contribution is 2.24. The first-order valence-corrected chi connectivity index (χ1v) is 6.00. The molecular formula is C13H14N6. The lowest BCUT2D eigenvalue weighted by molar-refractivity contribution is 0.805. The van der Waals surface area contributed by atoms with E-state index in [0.717, 1.165) is 22.5 Å². The fourth-order valence-corrected chi connectivity index (χ4v) is 1.98. The summed E-state index contributed by atoms with van der Waals surface area (Å²) in [5.41, 5.74) is 7.37. The number of imidazole rings is 1. The third kappa shape index (κ3) is 2.20. The van der Waals surface area contributed by atoms with Crippen molar-refractivity contribution in [2.24, 2.45) is 0 Å². The van der Waals surface area contributed by atoms with Crippen molar-refractivity contribution in [2.75, 3.05) is 11.1 Å². The number of fused-ring (bicyclic) bond motifs is 1. The van der Waals surface area contributed by atoms with E-state index in [-0.39, 0.29) is 6.04 Å². The molecule has 3 aromatic rings. The third-order valence-electron chi connectivity index (χ3n) is 2.94. The summed E-state index contributed by atoms with van der Waals surface area (Å²) in [7, 11) is 0. The zero-order chi connectivity index (χ0) is 13.2. The molecule has 0 bridgehead atoms. The molecule has 0 amide bonds. The number of nitrogens with zero attached hydrogens (tertiary/aromatic N) is 3. The number of aromatic amines is 1.